The van der Waals surface area contributed by atoms with Gasteiger partial charge in [-0.05, 0) is 68.9 Å². The molecule has 4 unspecified atom stereocenters. The smallest absolute Gasteiger partial charge is 0.274 e. The van der Waals surface area contributed by atoms with Crippen molar-refractivity contribution in [2.24, 2.45) is 23.5 Å². The minimum absolute atomic E-state index is 0.0358. The quantitative estimate of drug-likeness (QED) is 0.344. The van der Waals surface area contributed by atoms with E-state index in [0.29, 0.717) is 32.1 Å². The second-order valence-electron chi connectivity index (χ2n) is 13.2. The summed E-state index contributed by atoms with van der Waals surface area (Å²) in [6.07, 6.45) is 5.36. The van der Waals surface area contributed by atoms with Gasteiger partial charge in [-0.2, -0.15) is 16.8 Å². The molecular weight excluding hydrogens is 598 g/mol. The zero-order valence-corrected chi connectivity index (χ0v) is 26.4. The number of amides is 1. The van der Waals surface area contributed by atoms with Crippen LogP contribution in [0, 0.1) is 17.8 Å². The predicted octanol–water partition coefficient (Wildman–Crippen LogP) is 1.99. The van der Waals surface area contributed by atoms with Crippen LogP contribution in [0.2, 0.25) is 0 Å². The van der Waals surface area contributed by atoms with Crippen LogP contribution in [-0.4, -0.2) is 94.1 Å². The zero-order chi connectivity index (χ0) is 31.4. The van der Waals surface area contributed by atoms with Gasteiger partial charge in [0, 0.05) is 12.5 Å². The van der Waals surface area contributed by atoms with Gasteiger partial charge in [0.1, 0.15) is 0 Å². The Morgan fingerprint density at radius 1 is 1.00 bits per heavy atom. The second-order valence-corrected chi connectivity index (χ2v) is 16.6. The van der Waals surface area contributed by atoms with Crippen molar-refractivity contribution in [1.29, 1.82) is 0 Å². The molecule has 0 spiro atoms. The van der Waals surface area contributed by atoms with Crippen LogP contribution in [0.15, 0.2) is 30.3 Å². The van der Waals surface area contributed by atoms with Crippen molar-refractivity contribution in [3.63, 3.8) is 0 Å². The van der Waals surface area contributed by atoms with Crippen LogP contribution < -0.4 is 5.73 Å². The lowest BCUT2D eigenvalue weighted by Crippen LogP contribution is -2.69. The van der Waals surface area contributed by atoms with E-state index >= 15 is 0 Å². The molecule has 2 saturated carbocycles. The first-order valence-electron chi connectivity index (χ1n) is 15.3. The van der Waals surface area contributed by atoms with Gasteiger partial charge in [-0.15, -0.1) is 0 Å². The van der Waals surface area contributed by atoms with Gasteiger partial charge in [0.15, 0.2) is 0 Å². The average molecular weight is 644 g/mol. The molecule has 3 heterocycles. The van der Waals surface area contributed by atoms with Crippen LogP contribution in [0.5, 0.6) is 0 Å². The van der Waals surface area contributed by atoms with Gasteiger partial charge >= 0.3 is 0 Å². The zero-order valence-electron chi connectivity index (χ0n) is 24.8. The molecule has 0 radical (unpaired) electrons. The molecule has 14 heteroatoms. The molecule has 43 heavy (non-hydrogen) atoms. The van der Waals surface area contributed by atoms with Gasteiger partial charge in [0.05, 0.1) is 22.6 Å². The van der Waals surface area contributed by atoms with Crippen molar-refractivity contribution in [3.05, 3.63) is 35.9 Å². The third-order valence-electron chi connectivity index (χ3n) is 10.3. The summed E-state index contributed by atoms with van der Waals surface area (Å²) in [6.45, 7) is 5.38. The standard InChI is InChI=1S/C19H27N3O3.C10H18O6S2/c1-13(2)18(20)17(23)22-15(11-14-7-4-3-5-8-14)12-21-10-6-9-16(21)19(22,24)25-18;11-17(12,13)8-4-5-9-7(6-8)2-1-3-10(9)18(14,15)16/h3-5,7-8,13,15-16,24H,6,9-12,20H2,1-2H3;7-10H,1-6H2,(H,11,12,13)(H,14,15,16)/t15-,16-,18+,19-;/m0./s1. The van der Waals surface area contributed by atoms with Gasteiger partial charge in [-0.1, -0.05) is 57.0 Å². The van der Waals surface area contributed by atoms with Crippen LogP contribution in [0.3, 0.4) is 0 Å². The summed E-state index contributed by atoms with van der Waals surface area (Å²) in [7, 11) is -8.10. The summed E-state index contributed by atoms with van der Waals surface area (Å²) < 4.78 is 69.1. The Hall–Kier alpha value is -1.65. The monoisotopic (exact) mass is 643 g/mol. The fourth-order valence-electron chi connectivity index (χ4n) is 8.06. The lowest BCUT2D eigenvalue weighted by Gasteiger charge is -2.49. The van der Waals surface area contributed by atoms with Crippen molar-refractivity contribution in [2.75, 3.05) is 13.1 Å². The van der Waals surface area contributed by atoms with E-state index in [1.807, 2.05) is 32.0 Å². The van der Waals surface area contributed by atoms with E-state index in [-0.39, 0.29) is 42.2 Å². The highest BCUT2D eigenvalue weighted by Gasteiger charge is 2.68. The Morgan fingerprint density at radius 3 is 2.33 bits per heavy atom. The number of piperazine rings is 1. The van der Waals surface area contributed by atoms with E-state index in [0.717, 1.165) is 37.9 Å². The summed E-state index contributed by atoms with van der Waals surface area (Å²) in [4.78, 5) is 17.0. The first-order valence-corrected chi connectivity index (χ1v) is 18.3. The maximum atomic E-state index is 13.2. The molecule has 3 aliphatic heterocycles. The number of carbonyl (C=O) groups excluding carboxylic acids is 1. The third kappa shape index (κ3) is 6.26. The first kappa shape index (κ1) is 32.7. The van der Waals surface area contributed by atoms with Gasteiger partial charge in [-0.3, -0.25) is 29.4 Å². The topological polar surface area (TPSA) is 188 Å². The molecule has 242 valence electrons. The summed E-state index contributed by atoms with van der Waals surface area (Å²) in [5.41, 5.74) is 6.01. The van der Waals surface area contributed by atoms with E-state index < -0.39 is 42.4 Å². The van der Waals surface area contributed by atoms with Crippen molar-refractivity contribution < 1.29 is 40.6 Å². The molecule has 1 amide bonds. The van der Waals surface area contributed by atoms with E-state index in [1.165, 1.54) is 0 Å². The molecular formula is C29H45N3O9S2. The molecule has 5 N–H and O–H groups in total. The molecule has 12 nitrogen and oxygen atoms in total. The normalized spacial score (nSPS) is 38.2. The lowest BCUT2D eigenvalue weighted by atomic mass is 9.70. The average Bonchev–Trinajstić information content (AvgIpc) is 3.49. The molecule has 0 aromatic heterocycles. The third-order valence-corrected chi connectivity index (χ3v) is 13.0. The molecule has 0 bridgehead atoms. The van der Waals surface area contributed by atoms with E-state index in [4.69, 9.17) is 15.0 Å². The Balaban J connectivity index is 0.000000181. The van der Waals surface area contributed by atoms with Crippen molar-refractivity contribution in [2.45, 2.75) is 106 Å². The van der Waals surface area contributed by atoms with E-state index in [9.17, 15) is 31.3 Å². The van der Waals surface area contributed by atoms with Crippen LogP contribution in [0.4, 0.5) is 0 Å². The molecule has 8 atom stereocenters. The molecule has 3 saturated heterocycles. The van der Waals surface area contributed by atoms with Crippen LogP contribution >= 0.6 is 0 Å². The number of rotatable bonds is 5. The van der Waals surface area contributed by atoms with Crippen molar-refractivity contribution >= 4 is 26.1 Å². The number of ether oxygens (including phenoxy) is 1. The number of benzene rings is 1. The van der Waals surface area contributed by atoms with Gasteiger partial charge in [-0.25, -0.2) is 0 Å². The predicted molar refractivity (Wildman–Crippen MR) is 159 cm³/mol. The van der Waals surface area contributed by atoms with Crippen LogP contribution in [0.25, 0.3) is 0 Å². The van der Waals surface area contributed by atoms with E-state index in [1.54, 1.807) is 4.90 Å². The highest BCUT2D eigenvalue weighted by atomic mass is 32.2. The summed E-state index contributed by atoms with van der Waals surface area (Å²) in [5, 5.41) is 9.90. The highest BCUT2D eigenvalue weighted by Crippen LogP contribution is 2.47. The fraction of sp³-hybridized carbons (Fsp3) is 0.759. The number of aliphatic hydroxyl groups is 1. The number of hydrogen-bond acceptors (Lipinski definition) is 9. The minimum atomic E-state index is -4.06. The number of hydrogen-bond donors (Lipinski definition) is 4. The van der Waals surface area contributed by atoms with Gasteiger partial charge < -0.3 is 9.84 Å². The summed E-state index contributed by atoms with van der Waals surface area (Å²) in [5.74, 6) is -2.36. The first-order chi connectivity index (χ1) is 20.1. The molecule has 6 rings (SSSR count). The summed E-state index contributed by atoms with van der Waals surface area (Å²) >= 11 is 0. The number of fused-ring (bicyclic) bond motifs is 4. The van der Waals surface area contributed by atoms with Crippen molar-refractivity contribution in [3.8, 4) is 0 Å². The van der Waals surface area contributed by atoms with Crippen LogP contribution in [0.1, 0.15) is 70.8 Å². The summed E-state index contributed by atoms with van der Waals surface area (Å²) in [6, 6.07) is 9.71. The Morgan fingerprint density at radius 2 is 1.70 bits per heavy atom. The van der Waals surface area contributed by atoms with Gasteiger partial charge in [0.2, 0.25) is 5.72 Å². The van der Waals surface area contributed by atoms with E-state index in [2.05, 4.69) is 17.0 Å². The second kappa shape index (κ2) is 11.9. The largest absolute Gasteiger partial charge is 0.347 e. The number of nitrogens with zero attached hydrogens (tertiary/aromatic N) is 2. The Labute approximate surface area is 254 Å². The maximum Gasteiger partial charge on any atom is 0.274 e. The van der Waals surface area contributed by atoms with Crippen LogP contribution in [-0.2, 0) is 36.2 Å². The van der Waals surface area contributed by atoms with Gasteiger partial charge in [0.25, 0.3) is 32.1 Å². The highest BCUT2D eigenvalue weighted by molar-refractivity contribution is 7.86. The molecule has 2 aliphatic carbocycles. The molecule has 5 aliphatic rings. The number of nitrogens with two attached hydrogens (primary N) is 1. The lowest BCUT2D eigenvalue weighted by molar-refractivity contribution is -0.325. The molecule has 1 aromatic rings. The maximum absolute atomic E-state index is 13.2. The fourth-order valence-corrected chi connectivity index (χ4v) is 10.3. The Bertz CT molecular complexity index is 1390. The Kier molecular flexibility index (Phi) is 9.09. The molecule has 5 fully saturated rings. The number of carbonyl (C=O) groups is 1. The minimum Gasteiger partial charge on any atom is -0.347 e. The molecule has 1 aromatic carbocycles. The SMILES string of the molecule is CC(C)[C@@]1(N)O[C@@]2(O)[C@@H]3CCCN3C[C@H](Cc3ccccc3)N2C1=O.O=S(=O)(O)C1CCC2C(CCCC2S(=O)(=O)O)C1. The van der Waals surface area contributed by atoms with Crippen molar-refractivity contribution in [1.82, 2.24) is 9.80 Å².